The molecule has 1 aromatic heterocycles. The van der Waals surface area contributed by atoms with Gasteiger partial charge in [-0.25, -0.2) is 0 Å². The molecule has 0 bridgehead atoms. The summed E-state index contributed by atoms with van der Waals surface area (Å²) in [6.07, 6.45) is 1.71. The summed E-state index contributed by atoms with van der Waals surface area (Å²) in [6.45, 7) is -2.38. The third-order valence-corrected chi connectivity index (χ3v) is 3.12. The molecule has 0 aliphatic carbocycles. The lowest BCUT2D eigenvalue weighted by Gasteiger charge is -2.13. The van der Waals surface area contributed by atoms with Gasteiger partial charge in [0.05, 0.1) is 24.9 Å². The predicted molar refractivity (Wildman–Crippen MR) is 69.1 cm³/mol. The van der Waals surface area contributed by atoms with Gasteiger partial charge in [0.2, 0.25) is 0 Å². The average Bonchev–Trinajstić information content (AvgIpc) is 2.90. The van der Waals surface area contributed by atoms with E-state index in [0.717, 1.165) is 4.88 Å². The second-order valence-electron chi connectivity index (χ2n) is 3.56. The number of benzene rings is 1. The molecular weight excluding hydrogens is 274 g/mol. The second kappa shape index (κ2) is 6.33. The van der Waals surface area contributed by atoms with Crippen molar-refractivity contribution in [1.29, 1.82) is 0 Å². The summed E-state index contributed by atoms with van der Waals surface area (Å²) < 4.78 is 34.1. The van der Waals surface area contributed by atoms with Gasteiger partial charge >= 0.3 is 6.61 Å². The van der Waals surface area contributed by atoms with Crippen LogP contribution in [0, 0.1) is 0 Å². The van der Waals surface area contributed by atoms with E-state index in [4.69, 9.17) is 4.74 Å². The van der Waals surface area contributed by atoms with Gasteiger partial charge in [-0.3, -0.25) is 4.98 Å². The summed E-state index contributed by atoms with van der Waals surface area (Å²) in [5.41, 5.74) is 2.16. The first kappa shape index (κ1) is 13.5. The first-order chi connectivity index (χ1) is 9.19. The minimum absolute atomic E-state index is 0.0836. The second-order valence-corrected chi connectivity index (χ2v) is 4.53. The number of aromatic nitrogens is 1. The van der Waals surface area contributed by atoms with Crippen LogP contribution >= 0.6 is 11.3 Å². The Balaban J connectivity index is 2.14. The van der Waals surface area contributed by atoms with Crippen molar-refractivity contribution in [1.82, 2.24) is 4.98 Å². The quantitative estimate of drug-likeness (QED) is 0.884. The molecule has 0 saturated carbocycles. The standard InChI is InChI=1S/C12H12F2N2O2S/c1-17-8-2-3-11(18-12(13)14)10(4-8)16-6-9-5-15-7-19-9/h2-5,7,12,16H,6H2,1H3. The zero-order valence-corrected chi connectivity index (χ0v) is 10.9. The number of methoxy groups -OCH3 is 1. The first-order valence-corrected chi connectivity index (χ1v) is 6.31. The van der Waals surface area contributed by atoms with Gasteiger partial charge in [-0.2, -0.15) is 8.78 Å². The minimum Gasteiger partial charge on any atom is -0.497 e. The fourth-order valence-corrected chi connectivity index (χ4v) is 2.02. The van der Waals surface area contributed by atoms with Crippen LogP contribution in [0.15, 0.2) is 29.9 Å². The Morgan fingerprint density at radius 3 is 2.89 bits per heavy atom. The maximum Gasteiger partial charge on any atom is 0.387 e. The van der Waals surface area contributed by atoms with Gasteiger partial charge in [0.1, 0.15) is 11.5 Å². The van der Waals surface area contributed by atoms with Gasteiger partial charge in [-0.05, 0) is 12.1 Å². The molecule has 0 aliphatic rings. The van der Waals surface area contributed by atoms with Crippen LogP contribution in [-0.4, -0.2) is 18.7 Å². The van der Waals surface area contributed by atoms with Crippen LogP contribution in [0.1, 0.15) is 4.88 Å². The normalized spacial score (nSPS) is 10.5. The van der Waals surface area contributed by atoms with Crippen LogP contribution in [0.4, 0.5) is 14.5 Å². The third kappa shape index (κ3) is 3.78. The van der Waals surface area contributed by atoms with E-state index in [1.54, 1.807) is 23.8 Å². The molecule has 1 heterocycles. The van der Waals surface area contributed by atoms with Crippen molar-refractivity contribution in [3.63, 3.8) is 0 Å². The summed E-state index contributed by atoms with van der Waals surface area (Å²) >= 11 is 1.48. The molecule has 0 amide bonds. The lowest BCUT2D eigenvalue weighted by molar-refractivity contribution is -0.0493. The Morgan fingerprint density at radius 2 is 2.26 bits per heavy atom. The van der Waals surface area contributed by atoms with E-state index in [1.807, 2.05) is 0 Å². The van der Waals surface area contributed by atoms with Crippen LogP contribution in [0.3, 0.4) is 0 Å². The minimum atomic E-state index is -2.86. The Hall–Kier alpha value is -1.89. The predicted octanol–water partition coefficient (Wildman–Crippen LogP) is 3.37. The van der Waals surface area contributed by atoms with Crippen LogP contribution < -0.4 is 14.8 Å². The summed E-state index contributed by atoms with van der Waals surface area (Å²) in [5.74, 6) is 0.647. The molecule has 1 aromatic carbocycles. The van der Waals surface area contributed by atoms with Crippen molar-refractivity contribution in [2.75, 3.05) is 12.4 Å². The number of rotatable bonds is 6. The van der Waals surface area contributed by atoms with Crippen molar-refractivity contribution in [3.8, 4) is 11.5 Å². The number of hydrogen-bond acceptors (Lipinski definition) is 5. The van der Waals surface area contributed by atoms with Crippen molar-refractivity contribution >= 4 is 17.0 Å². The summed E-state index contributed by atoms with van der Waals surface area (Å²) in [4.78, 5) is 4.93. The number of ether oxygens (including phenoxy) is 2. The van der Waals surface area contributed by atoms with E-state index < -0.39 is 6.61 Å². The zero-order valence-electron chi connectivity index (χ0n) is 10.1. The molecule has 2 rings (SSSR count). The highest BCUT2D eigenvalue weighted by Crippen LogP contribution is 2.31. The molecule has 0 fully saturated rings. The lowest BCUT2D eigenvalue weighted by Crippen LogP contribution is -2.06. The number of thiazole rings is 1. The smallest absolute Gasteiger partial charge is 0.387 e. The number of nitrogens with zero attached hydrogens (tertiary/aromatic N) is 1. The molecule has 0 aliphatic heterocycles. The Morgan fingerprint density at radius 1 is 1.42 bits per heavy atom. The summed E-state index contributed by atoms with van der Waals surface area (Å²) in [7, 11) is 1.51. The molecule has 0 radical (unpaired) electrons. The fraction of sp³-hybridized carbons (Fsp3) is 0.250. The molecule has 0 saturated heterocycles. The molecule has 7 heteroatoms. The lowest BCUT2D eigenvalue weighted by atomic mass is 10.2. The number of anilines is 1. The molecule has 2 aromatic rings. The molecule has 0 spiro atoms. The van der Waals surface area contributed by atoms with E-state index in [1.165, 1.54) is 24.5 Å². The van der Waals surface area contributed by atoms with Crippen molar-refractivity contribution in [2.24, 2.45) is 0 Å². The van der Waals surface area contributed by atoms with Gasteiger partial charge in [-0.1, -0.05) is 0 Å². The van der Waals surface area contributed by atoms with Crippen molar-refractivity contribution in [3.05, 3.63) is 34.8 Å². The highest BCUT2D eigenvalue weighted by atomic mass is 32.1. The van der Waals surface area contributed by atoms with E-state index in [0.29, 0.717) is 18.0 Å². The van der Waals surface area contributed by atoms with Crippen LogP contribution in [0.2, 0.25) is 0 Å². The van der Waals surface area contributed by atoms with Gasteiger partial charge in [0.25, 0.3) is 0 Å². The SMILES string of the molecule is COc1ccc(OC(F)F)c(NCc2cncs2)c1. The van der Waals surface area contributed by atoms with E-state index >= 15 is 0 Å². The first-order valence-electron chi connectivity index (χ1n) is 5.43. The average molecular weight is 286 g/mol. The molecule has 0 unspecified atom stereocenters. The third-order valence-electron chi connectivity index (χ3n) is 2.34. The topological polar surface area (TPSA) is 43.4 Å². The number of halogens is 2. The number of hydrogen-bond donors (Lipinski definition) is 1. The van der Waals surface area contributed by atoms with Gasteiger partial charge < -0.3 is 14.8 Å². The van der Waals surface area contributed by atoms with E-state index in [-0.39, 0.29) is 5.75 Å². The van der Waals surface area contributed by atoms with Gasteiger partial charge in [-0.15, -0.1) is 11.3 Å². The van der Waals surface area contributed by atoms with Crippen LogP contribution in [0.25, 0.3) is 0 Å². The molecule has 19 heavy (non-hydrogen) atoms. The van der Waals surface area contributed by atoms with Crippen molar-refractivity contribution in [2.45, 2.75) is 13.2 Å². The molecule has 102 valence electrons. The maximum atomic E-state index is 12.3. The molecule has 0 atom stereocenters. The highest BCUT2D eigenvalue weighted by molar-refractivity contribution is 7.09. The highest BCUT2D eigenvalue weighted by Gasteiger charge is 2.11. The largest absolute Gasteiger partial charge is 0.497 e. The molecule has 4 nitrogen and oxygen atoms in total. The van der Waals surface area contributed by atoms with E-state index in [9.17, 15) is 8.78 Å². The zero-order chi connectivity index (χ0) is 13.7. The maximum absolute atomic E-state index is 12.3. The number of nitrogens with one attached hydrogen (secondary N) is 1. The van der Waals surface area contributed by atoms with Crippen molar-refractivity contribution < 1.29 is 18.3 Å². The monoisotopic (exact) mass is 286 g/mol. The Bertz CT molecular complexity index is 520. The molecule has 1 N–H and O–H groups in total. The van der Waals surface area contributed by atoms with Crippen LogP contribution in [0.5, 0.6) is 11.5 Å². The van der Waals surface area contributed by atoms with Gasteiger partial charge in [0.15, 0.2) is 0 Å². The Kier molecular flexibility index (Phi) is 4.51. The number of alkyl halides is 2. The Labute approximate surface area is 113 Å². The molecular formula is C12H12F2N2O2S. The fourth-order valence-electron chi connectivity index (χ4n) is 1.48. The van der Waals surface area contributed by atoms with Gasteiger partial charge in [0, 0.05) is 17.1 Å². The van der Waals surface area contributed by atoms with E-state index in [2.05, 4.69) is 15.0 Å². The summed E-state index contributed by atoms with van der Waals surface area (Å²) in [6, 6.07) is 4.62. The summed E-state index contributed by atoms with van der Waals surface area (Å²) in [5, 5.41) is 3.03. The van der Waals surface area contributed by atoms with Crippen LogP contribution in [-0.2, 0) is 6.54 Å².